The van der Waals surface area contributed by atoms with Crippen molar-refractivity contribution in [3.8, 4) is 5.75 Å². The molecule has 0 aliphatic carbocycles. The van der Waals surface area contributed by atoms with Crippen molar-refractivity contribution in [1.82, 2.24) is 10.6 Å². The normalized spacial score (nSPS) is 13.3. The van der Waals surface area contributed by atoms with Crippen molar-refractivity contribution < 1.29 is 14.6 Å². The van der Waals surface area contributed by atoms with Gasteiger partial charge in [0.15, 0.2) is 0 Å². The highest BCUT2D eigenvalue weighted by molar-refractivity contribution is 5.73. The SMILES string of the molecule is CCC(O)CCNC(=O)NCC(C)Oc1ccc(C)cc1. The molecule has 118 valence electrons. The second kappa shape index (κ2) is 9.23. The third-order valence-corrected chi connectivity index (χ3v) is 3.14. The fraction of sp³-hybridized carbons (Fsp3) is 0.562. The highest BCUT2D eigenvalue weighted by Crippen LogP contribution is 2.12. The van der Waals surface area contributed by atoms with Crippen LogP contribution in [0.1, 0.15) is 32.3 Å². The Labute approximate surface area is 126 Å². The number of aliphatic hydroxyl groups excluding tert-OH is 1. The number of urea groups is 1. The van der Waals surface area contributed by atoms with Gasteiger partial charge in [0.05, 0.1) is 12.6 Å². The van der Waals surface area contributed by atoms with Gasteiger partial charge in [-0.1, -0.05) is 24.6 Å². The summed E-state index contributed by atoms with van der Waals surface area (Å²) >= 11 is 0. The Morgan fingerprint density at radius 3 is 2.57 bits per heavy atom. The first-order valence-electron chi connectivity index (χ1n) is 7.44. The van der Waals surface area contributed by atoms with Crippen molar-refractivity contribution in [3.63, 3.8) is 0 Å². The molecule has 0 spiro atoms. The number of hydrogen-bond donors (Lipinski definition) is 3. The number of rotatable bonds is 8. The standard InChI is InChI=1S/C16H26N2O3/c1-4-14(19)9-10-17-16(20)18-11-13(3)21-15-7-5-12(2)6-8-15/h5-8,13-14,19H,4,9-11H2,1-3H3,(H2,17,18,20). The summed E-state index contributed by atoms with van der Waals surface area (Å²) in [7, 11) is 0. The minimum Gasteiger partial charge on any atom is -0.489 e. The van der Waals surface area contributed by atoms with E-state index in [2.05, 4.69) is 10.6 Å². The van der Waals surface area contributed by atoms with Gasteiger partial charge in [0.1, 0.15) is 11.9 Å². The van der Waals surface area contributed by atoms with E-state index in [1.807, 2.05) is 45.0 Å². The molecule has 0 heterocycles. The number of nitrogens with one attached hydrogen (secondary N) is 2. The van der Waals surface area contributed by atoms with Gasteiger partial charge in [0.25, 0.3) is 0 Å². The maximum atomic E-state index is 11.6. The van der Waals surface area contributed by atoms with E-state index in [1.54, 1.807) is 0 Å². The molecule has 2 atom stereocenters. The van der Waals surface area contributed by atoms with Crippen LogP contribution in [-0.4, -0.2) is 36.4 Å². The maximum Gasteiger partial charge on any atom is 0.314 e. The van der Waals surface area contributed by atoms with E-state index in [0.29, 0.717) is 25.9 Å². The molecule has 1 rings (SSSR count). The lowest BCUT2D eigenvalue weighted by molar-refractivity contribution is 0.159. The van der Waals surface area contributed by atoms with Crippen LogP contribution in [0.4, 0.5) is 4.79 Å². The lowest BCUT2D eigenvalue weighted by atomic mass is 10.2. The van der Waals surface area contributed by atoms with Crippen LogP contribution in [0.5, 0.6) is 5.75 Å². The third kappa shape index (κ3) is 7.56. The van der Waals surface area contributed by atoms with Crippen molar-refractivity contribution in [2.45, 2.75) is 45.8 Å². The van der Waals surface area contributed by atoms with E-state index in [4.69, 9.17) is 4.74 Å². The first kappa shape index (κ1) is 17.3. The first-order valence-corrected chi connectivity index (χ1v) is 7.44. The molecule has 5 heteroatoms. The van der Waals surface area contributed by atoms with Crippen LogP contribution in [0, 0.1) is 6.92 Å². The summed E-state index contributed by atoms with van der Waals surface area (Å²) in [4.78, 5) is 11.6. The minimum absolute atomic E-state index is 0.111. The van der Waals surface area contributed by atoms with E-state index >= 15 is 0 Å². The molecule has 5 nitrogen and oxygen atoms in total. The average molecular weight is 294 g/mol. The number of amides is 2. The molecule has 1 aromatic carbocycles. The average Bonchev–Trinajstić information content (AvgIpc) is 2.47. The summed E-state index contributed by atoms with van der Waals surface area (Å²) in [6.45, 7) is 6.73. The molecule has 2 unspecified atom stereocenters. The number of aryl methyl sites for hydroxylation is 1. The smallest absolute Gasteiger partial charge is 0.314 e. The van der Waals surface area contributed by atoms with Crippen LogP contribution in [0.3, 0.4) is 0 Å². The van der Waals surface area contributed by atoms with Gasteiger partial charge in [-0.2, -0.15) is 0 Å². The Bertz CT molecular complexity index is 420. The fourth-order valence-corrected chi connectivity index (χ4v) is 1.75. The molecule has 3 N–H and O–H groups in total. The zero-order chi connectivity index (χ0) is 15.7. The number of ether oxygens (including phenoxy) is 1. The summed E-state index contributed by atoms with van der Waals surface area (Å²) in [5.41, 5.74) is 1.18. The molecular formula is C16H26N2O3. The van der Waals surface area contributed by atoms with E-state index in [9.17, 15) is 9.90 Å². The van der Waals surface area contributed by atoms with Gasteiger partial charge in [0, 0.05) is 6.54 Å². The van der Waals surface area contributed by atoms with Gasteiger partial charge in [-0.3, -0.25) is 0 Å². The quantitative estimate of drug-likeness (QED) is 0.688. The predicted octanol–water partition coefficient (Wildman–Crippen LogP) is 2.22. The zero-order valence-electron chi connectivity index (χ0n) is 13.1. The molecule has 0 radical (unpaired) electrons. The van der Waals surface area contributed by atoms with Gasteiger partial charge in [-0.15, -0.1) is 0 Å². The maximum absolute atomic E-state index is 11.6. The number of carbonyl (C=O) groups excluding carboxylic acids is 1. The molecule has 0 aliphatic heterocycles. The van der Waals surface area contributed by atoms with E-state index in [0.717, 1.165) is 5.75 Å². The van der Waals surface area contributed by atoms with Gasteiger partial charge in [0.2, 0.25) is 0 Å². The van der Waals surface area contributed by atoms with Crippen molar-refractivity contribution in [3.05, 3.63) is 29.8 Å². The van der Waals surface area contributed by atoms with Crippen LogP contribution < -0.4 is 15.4 Å². The Morgan fingerprint density at radius 1 is 1.29 bits per heavy atom. The van der Waals surface area contributed by atoms with Crippen LogP contribution >= 0.6 is 0 Å². The molecule has 0 bridgehead atoms. The Hall–Kier alpha value is -1.75. The van der Waals surface area contributed by atoms with Crippen molar-refractivity contribution in [2.75, 3.05) is 13.1 Å². The highest BCUT2D eigenvalue weighted by atomic mass is 16.5. The van der Waals surface area contributed by atoms with Crippen molar-refractivity contribution in [1.29, 1.82) is 0 Å². The molecule has 1 aromatic rings. The van der Waals surface area contributed by atoms with Crippen LogP contribution in [0.25, 0.3) is 0 Å². The summed E-state index contributed by atoms with van der Waals surface area (Å²) in [6, 6.07) is 7.57. The molecule has 0 saturated carbocycles. The number of benzene rings is 1. The second-order valence-electron chi connectivity index (χ2n) is 5.23. The predicted molar refractivity (Wildman–Crippen MR) is 83.6 cm³/mol. The number of aliphatic hydroxyl groups is 1. The summed E-state index contributed by atoms with van der Waals surface area (Å²) in [5.74, 6) is 0.793. The third-order valence-electron chi connectivity index (χ3n) is 3.14. The lowest BCUT2D eigenvalue weighted by Crippen LogP contribution is -2.41. The number of hydrogen-bond acceptors (Lipinski definition) is 3. The van der Waals surface area contributed by atoms with Gasteiger partial charge < -0.3 is 20.5 Å². The Morgan fingerprint density at radius 2 is 1.95 bits per heavy atom. The van der Waals surface area contributed by atoms with Crippen LogP contribution in [0.2, 0.25) is 0 Å². The highest BCUT2D eigenvalue weighted by Gasteiger charge is 2.07. The molecule has 2 amide bonds. The van der Waals surface area contributed by atoms with Gasteiger partial charge >= 0.3 is 6.03 Å². The topological polar surface area (TPSA) is 70.6 Å². The van der Waals surface area contributed by atoms with E-state index in [-0.39, 0.29) is 18.2 Å². The van der Waals surface area contributed by atoms with E-state index < -0.39 is 0 Å². The van der Waals surface area contributed by atoms with Crippen LogP contribution in [0.15, 0.2) is 24.3 Å². The monoisotopic (exact) mass is 294 g/mol. The van der Waals surface area contributed by atoms with Crippen LogP contribution in [-0.2, 0) is 0 Å². The Balaban J connectivity index is 2.18. The van der Waals surface area contributed by atoms with Crippen molar-refractivity contribution in [2.24, 2.45) is 0 Å². The summed E-state index contributed by atoms with van der Waals surface area (Å²) in [6.07, 6.45) is 0.804. The number of carbonyl (C=O) groups is 1. The fourth-order valence-electron chi connectivity index (χ4n) is 1.75. The summed E-state index contributed by atoms with van der Waals surface area (Å²) < 4.78 is 5.70. The second-order valence-corrected chi connectivity index (χ2v) is 5.23. The first-order chi connectivity index (χ1) is 10.0. The molecule has 21 heavy (non-hydrogen) atoms. The molecule has 0 fully saturated rings. The van der Waals surface area contributed by atoms with Gasteiger partial charge in [-0.05, 0) is 38.8 Å². The minimum atomic E-state index is -0.353. The summed E-state index contributed by atoms with van der Waals surface area (Å²) in [5, 5.41) is 14.8. The van der Waals surface area contributed by atoms with Crippen molar-refractivity contribution >= 4 is 6.03 Å². The Kier molecular flexibility index (Phi) is 7.61. The molecule has 0 saturated heterocycles. The molecular weight excluding hydrogens is 268 g/mol. The molecule has 0 aliphatic rings. The molecule has 0 aromatic heterocycles. The van der Waals surface area contributed by atoms with E-state index in [1.165, 1.54) is 5.56 Å². The largest absolute Gasteiger partial charge is 0.489 e. The zero-order valence-corrected chi connectivity index (χ0v) is 13.1. The van der Waals surface area contributed by atoms with Gasteiger partial charge in [-0.25, -0.2) is 4.79 Å². The lowest BCUT2D eigenvalue weighted by Gasteiger charge is -2.16.